The van der Waals surface area contributed by atoms with Gasteiger partial charge in [0.05, 0.1) is 5.69 Å². The normalized spacial score (nSPS) is 17.3. The second-order valence-electron chi connectivity index (χ2n) is 5.89. The average molecular weight is 269 g/mol. The lowest BCUT2D eigenvalue weighted by atomic mass is 10.0. The molecule has 106 valence electrons. The van der Waals surface area contributed by atoms with E-state index in [1.807, 2.05) is 13.0 Å². The summed E-state index contributed by atoms with van der Waals surface area (Å²) in [6, 6.07) is 10.9. The number of hydrogen-bond acceptors (Lipinski definition) is 2. The van der Waals surface area contributed by atoms with Gasteiger partial charge in [-0.05, 0) is 44.7 Å². The van der Waals surface area contributed by atoms with Crippen molar-refractivity contribution in [2.45, 2.75) is 45.6 Å². The molecule has 1 aromatic carbocycles. The Morgan fingerprint density at radius 3 is 2.60 bits per heavy atom. The first kappa shape index (κ1) is 13.2. The van der Waals surface area contributed by atoms with Crippen LogP contribution in [0, 0.1) is 12.8 Å². The summed E-state index contributed by atoms with van der Waals surface area (Å²) in [6.07, 6.45) is 7.54. The molecule has 1 aliphatic rings. The standard InChI is InChI=1S/C17H23N3/c1-13-12-20(16-10-4-3-5-11-16)17(18-13)19-14(2)15-8-6-7-9-15/h3-5,10-12,14-15H,6-9H2,1-2H3,(H,18,19). The SMILES string of the molecule is Cc1cn(-c2ccccc2)c(NC(C)C2CCCC2)n1. The van der Waals surface area contributed by atoms with Crippen LogP contribution in [0.1, 0.15) is 38.3 Å². The number of imidazole rings is 1. The highest BCUT2D eigenvalue weighted by Gasteiger charge is 2.22. The van der Waals surface area contributed by atoms with Gasteiger partial charge in [-0.1, -0.05) is 31.0 Å². The van der Waals surface area contributed by atoms with Crippen molar-refractivity contribution in [2.75, 3.05) is 5.32 Å². The monoisotopic (exact) mass is 269 g/mol. The smallest absolute Gasteiger partial charge is 0.207 e. The zero-order valence-corrected chi connectivity index (χ0v) is 12.3. The fraction of sp³-hybridized carbons (Fsp3) is 0.471. The predicted molar refractivity (Wildman–Crippen MR) is 83.3 cm³/mol. The summed E-state index contributed by atoms with van der Waals surface area (Å²) in [7, 11) is 0. The van der Waals surface area contributed by atoms with E-state index in [1.54, 1.807) is 0 Å². The third kappa shape index (κ3) is 2.72. The maximum Gasteiger partial charge on any atom is 0.207 e. The molecular weight excluding hydrogens is 246 g/mol. The minimum absolute atomic E-state index is 0.488. The zero-order valence-electron chi connectivity index (χ0n) is 12.3. The molecule has 1 aromatic heterocycles. The number of aryl methyl sites for hydroxylation is 1. The molecule has 2 aromatic rings. The van der Waals surface area contributed by atoms with Crippen LogP contribution in [0.15, 0.2) is 36.5 Å². The summed E-state index contributed by atoms with van der Waals surface area (Å²) in [5.74, 6) is 1.75. The molecule has 1 saturated carbocycles. The first-order valence-corrected chi connectivity index (χ1v) is 7.62. The Morgan fingerprint density at radius 2 is 1.90 bits per heavy atom. The lowest BCUT2D eigenvalue weighted by Crippen LogP contribution is -2.25. The molecule has 1 unspecified atom stereocenters. The van der Waals surface area contributed by atoms with Crippen LogP contribution in [0.5, 0.6) is 0 Å². The van der Waals surface area contributed by atoms with Gasteiger partial charge >= 0.3 is 0 Å². The van der Waals surface area contributed by atoms with Crippen molar-refractivity contribution in [3.05, 3.63) is 42.2 Å². The molecule has 0 bridgehead atoms. The van der Waals surface area contributed by atoms with Crippen molar-refractivity contribution in [3.8, 4) is 5.69 Å². The van der Waals surface area contributed by atoms with E-state index < -0.39 is 0 Å². The minimum atomic E-state index is 0.488. The molecule has 1 aliphatic carbocycles. The number of rotatable bonds is 4. The van der Waals surface area contributed by atoms with Crippen molar-refractivity contribution in [1.29, 1.82) is 0 Å². The molecular formula is C17H23N3. The van der Waals surface area contributed by atoms with Crippen molar-refractivity contribution in [2.24, 2.45) is 5.92 Å². The molecule has 0 aliphatic heterocycles. The molecule has 0 amide bonds. The van der Waals surface area contributed by atoms with Gasteiger partial charge in [0, 0.05) is 17.9 Å². The summed E-state index contributed by atoms with van der Waals surface area (Å²) in [6.45, 7) is 4.33. The highest BCUT2D eigenvalue weighted by Crippen LogP contribution is 2.29. The average Bonchev–Trinajstić information content (AvgIpc) is 3.09. The van der Waals surface area contributed by atoms with E-state index in [1.165, 1.54) is 25.7 Å². The summed E-state index contributed by atoms with van der Waals surface area (Å²) in [5.41, 5.74) is 2.21. The van der Waals surface area contributed by atoms with E-state index >= 15 is 0 Å². The van der Waals surface area contributed by atoms with Crippen LogP contribution < -0.4 is 5.32 Å². The maximum absolute atomic E-state index is 4.65. The van der Waals surface area contributed by atoms with Crippen LogP contribution in [0.25, 0.3) is 5.69 Å². The van der Waals surface area contributed by atoms with Crippen LogP contribution in [0.4, 0.5) is 5.95 Å². The highest BCUT2D eigenvalue weighted by molar-refractivity contribution is 5.43. The first-order chi connectivity index (χ1) is 9.74. The van der Waals surface area contributed by atoms with Crippen LogP contribution in [0.2, 0.25) is 0 Å². The zero-order chi connectivity index (χ0) is 13.9. The number of benzene rings is 1. The number of anilines is 1. The van der Waals surface area contributed by atoms with Gasteiger partial charge in [-0.15, -0.1) is 0 Å². The lowest BCUT2D eigenvalue weighted by molar-refractivity contribution is 0.479. The Labute approximate surface area is 121 Å². The second kappa shape index (κ2) is 5.70. The maximum atomic E-state index is 4.65. The fourth-order valence-electron chi connectivity index (χ4n) is 3.16. The van der Waals surface area contributed by atoms with Crippen molar-refractivity contribution < 1.29 is 0 Å². The molecule has 1 N–H and O–H groups in total. The molecule has 1 heterocycles. The number of aromatic nitrogens is 2. The summed E-state index contributed by atoms with van der Waals surface area (Å²) >= 11 is 0. The van der Waals surface area contributed by atoms with E-state index in [0.29, 0.717) is 6.04 Å². The topological polar surface area (TPSA) is 29.9 Å². The number of nitrogens with one attached hydrogen (secondary N) is 1. The third-order valence-corrected chi connectivity index (χ3v) is 4.32. The number of hydrogen-bond donors (Lipinski definition) is 1. The molecule has 1 atom stereocenters. The Hall–Kier alpha value is -1.77. The largest absolute Gasteiger partial charge is 0.353 e. The van der Waals surface area contributed by atoms with Gasteiger partial charge in [-0.25, -0.2) is 4.98 Å². The molecule has 3 rings (SSSR count). The highest BCUT2D eigenvalue weighted by atomic mass is 15.2. The van der Waals surface area contributed by atoms with Crippen molar-refractivity contribution in [1.82, 2.24) is 9.55 Å². The fourth-order valence-corrected chi connectivity index (χ4v) is 3.16. The molecule has 20 heavy (non-hydrogen) atoms. The van der Waals surface area contributed by atoms with E-state index in [-0.39, 0.29) is 0 Å². The van der Waals surface area contributed by atoms with Gasteiger partial charge in [0.1, 0.15) is 0 Å². The second-order valence-corrected chi connectivity index (χ2v) is 5.89. The molecule has 3 heteroatoms. The van der Waals surface area contributed by atoms with Crippen LogP contribution in [-0.4, -0.2) is 15.6 Å². The lowest BCUT2D eigenvalue weighted by Gasteiger charge is -2.21. The number of nitrogens with zero attached hydrogens (tertiary/aromatic N) is 2. The molecule has 3 nitrogen and oxygen atoms in total. The Morgan fingerprint density at radius 1 is 1.20 bits per heavy atom. The van der Waals surface area contributed by atoms with E-state index in [9.17, 15) is 0 Å². The molecule has 0 spiro atoms. The van der Waals surface area contributed by atoms with Gasteiger partial charge in [0.25, 0.3) is 0 Å². The summed E-state index contributed by atoms with van der Waals surface area (Å²) in [5, 5.41) is 3.62. The quantitative estimate of drug-likeness (QED) is 0.902. The van der Waals surface area contributed by atoms with Crippen molar-refractivity contribution >= 4 is 5.95 Å². The van der Waals surface area contributed by atoms with Crippen LogP contribution in [0.3, 0.4) is 0 Å². The van der Waals surface area contributed by atoms with E-state index in [0.717, 1.165) is 23.2 Å². The predicted octanol–water partition coefficient (Wildman–Crippen LogP) is 4.17. The first-order valence-electron chi connectivity index (χ1n) is 7.62. The summed E-state index contributed by atoms with van der Waals surface area (Å²) < 4.78 is 2.15. The summed E-state index contributed by atoms with van der Waals surface area (Å²) in [4.78, 5) is 4.65. The van der Waals surface area contributed by atoms with E-state index in [2.05, 4.69) is 52.3 Å². The molecule has 0 radical (unpaired) electrons. The molecule has 1 fully saturated rings. The van der Waals surface area contributed by atoms with Crippen LogP contribution >= 0.6 is 0 Å². The Kier molecular flexibility index (Phi) is 3.77. The third-order valence-electron chi connectivity index (χ3n) is 4.32. The molecule has 0 saturated heterocycles. The van der Waals surface area contributed by atoms with Gasteiger partial charge in [0.15, 0.2) is 0 Å². The van der Waals surface area contributed by atoms with Gasteiger partial charge in [0.2, 0.25) is 5.95 Å². The van der Waals surface area contributed by atoms with Crippen molar-refractivity contribution in [3.63, 3.8) is 0 Å². The Balaban J connectivity index is 1.82. The Bertz CT molecular complexity index is 553. The number of para-hydroxylation sites is 1. The van der Waals surface area contributed by atoms with Gasteiger partial charge in [-0.2, -0.15) is 0 Å². The van der Waals surface area contributed by atoms with Gasteiger partial charge < -0.3 is 5.32 Å². The van der Waals surface area contributed by atoms with Gasteiger partial charge in [-0.3, -0.25) is 4.57 Å². The van der Waals surface area contributed by atoms with Crippen LogP contribution in [-0.2, 0) is 0 Å². The van der Waals surface area contributed by atoms with E-state index in [4.69, 9.17) is 0 Å². The minimum Gasteiger partial charge on any atom is -0.353 e.